The lowest BCUT2D eigenvalue weighted by molar-refractivity contribution is 0.0886. The van der Waals surface area contributed by atoms with Gasteiger partial charge in [-0.25, -0.2) is 0 Å². The van der Waals surface area contributed by atoms with Crippen LogP contribution in [0.25, 0.3) is 0 Å². The number of benzene rings is 1. The number of nitrogens with zero attached hydrogens (tertiary/aromatic N) is 1. The molecule has 0 aromatic heterocycles. The molecule has 1 heterocycles. The highest BCUT2D eigenvalue weighted by molar-refractivity contribution is 6.30. The minimum Gasteiger partial charge on any atom is -0.381 e. The zero-order valence-corrected chi connectivity index (χ0v) is 11.0. The van der Waals surface area contributed by atoms with Crippen molar-refractivity contribution >= 4 is 11.6 Å². The molecule has 0 amide bonds. The van der Waals surface area contributed by atoms with Gasteiger partial charge in [0.25, 0.3) is 0 Å². The molecule has 0 spiro atoms. The van der Waals surface area contributed by atoms with Crippen LogP contribution < -0.4 is 0 Å². The van der Waals surface area contributed by atoms with Gasteiger partial charge in [0.15, 0.2) is 0 Å². The van der Waals surface area contributed by atoms with Gasteiger partial charge in [-0.3, -0.25) is 0 Å². The molecule has 17 heavy (non-hydrogen) atoms. The summed E-state index contributed by atoms with van der Waals surface area (Å²) < 4.78 is 0. The lowest BCUT2D eigenvalue weighted by Gasteiger charge is -2.32. The number of likely N-dealkylation sites (N-methyl/N-ethyl adjacent to an activating group) is 1. The number of hydrogen-bond donors (Lipinski definition) is 1. The van der Waals surface area contributed by atoms with Crippen molar-refractivity contribution in [3.63, 3.8) is 0 Å². The van der Waals surface area contributed by atoms with Crippen LogP contribution in [0.3, 0.4) is 0 Å². The summed E-state index contributed by atoms with van der Waals surface area (Å²) in [5.41, 5.74) is 1.11. The van der Waals surface area contributed by atoms with Crippen molar-refractivity contribution in [3.05, 3.63) is 46.5 Å². The Hall–Kier alpha value is -0.830. The van der Waals surface area contributed by atoms with Gasteiger partial charge in [-0.1, -0.05) is 29.8 Å². The molecule has 0 saturated carbocycles. The van der Waals surface area contributed by atoms with E-state index in [0.717, 1.165) is 30.6 Å². The van der Waals surface area contributed by atoms with Crippen LogP contribution in [0.2, 0.25) is 5.02 Å². The summed E-state index contributed by atoms with van der Waals surface area (Å²) in [5, 5.41) is 11.4. The molecule has 1 aromatic carbocycles. The van der Waals surface area contributed by atoms with Gasteiger partial charge in [-0.05, 0) is 43.7 Å². The van der Waals surface area contributed by atoms with E-state index < -0.39 is 5.60 Å². The van der Waals surface area contributed by atoms with Crippen LogP contribution in [0.15, 0.2) is 35.9 Å². The summed E-state index contributed by atoms with van der Waals surface area (Å²) in [4.78, 5) is 2.24. The first-order valence-corrected chi connectivity index (χ1v) is 6.24. The van der Waals surface area contributed by atoms with E-state index in [1.807, 2.05) is 31.2 Å². The second-order valence-electron chi connectivity index (χ2n) is 4.82. The molecule has 2 rings (SSSR count). The lowest BCUT2D eigenvalue weighted by atomic mass is 9.84. The molecule has 0 radical (unpaired) electrons. The fourth-order valence-corrected chi connectivity index (χ4v) is 2.30. The van der Waals surface area contributed by atoms with Gasteiger partial charge >= 0.3 is 0 Å². The van der Waals surface area contributed by atoms with Gasteiger partial charge in [-0.2, -0.15) is 0 Å². The molecule has 0 fully saturated rings. The van der Waals surface area contributed by atoms with Gasteiger partial charge in [0, 0.05) is 18.1 Å². The molecule has 1 atom stereocenters. The number of rotatable bonds is 2. The number of hydrogen-bond acceptors (Lipinski definition) is 2. The van der Waals surface area contributed by atoms with Crippen molar-refractivity contribution in [1.82, 2.24) is 4.90 Å². The fourth-order valence-electron chi connectivity index (χ4n) is 2.17. The number of aliphatic hydroxyl groups is 1. The second kappa shape index (κ2) is 4.81. The molecule has 2 nitrogen and oxygen atoms in total. The molecule has 1 N–H and O–H groups in total. The van der Waals surface area contributed by atoms with Crippen molar-refractivity contribution in [2.24, 2.45) is 0 Å². The minimum atomic E-state index is -0.883. The molecular weight excluding hydrogens is 234 g/mol. The smallest absolute Gasteiger partial charge is 0.108 e. The van der Waals surface area contributed by atoms with E-state index >= 15 is 0 Å². The third kappa shape index (κ3) is 2.71. The Morgan fingerprint density at radius 2 is 1.94 bits per heavy atom. The van der Waals surface area contributed by atoms with Crippen LogP contribution in [0.4, 0.5) is 0 Å². The topological polar surface area (TPSA) is 23.5 Å². The molecular formula is C14H18ClNO. The van der Waals surface area contributed by atoms with Crippen LogP contribution in [0, 0.1) is 0 Å². The Bertz CT molecular complexity index is 422. The summed E-state index contributed by atoms with van der Waals surface area (Å²) in [5.74, 6) is 0. The molecule has 1 aromatic rings. The zero-order chi connectivity index (χ0) is 12.5. The molecule has 1 aliphatic heterocycles. The maximum Gasteiger partial charge on any atom is 0.108 e. The molecule has 0 unspecified atom stereocenters. The minimum absolute atomic E-state index is 0.696. The largest absolute Gasteiger partial charge is 0.381 e. The Kier molecular flexibility index (Phi) is 3.57. The first-order valence-electron chi connectivity index (χ1n) is 5.86. The zero-order valence-electron chi connectivity index (χ0n) is 10.3. The highest BCUT2D eigenvalue weighted by Gasteiger charge is 2.29. The molecule has 0 saturated heterocycles. The van der Waals surface area contributed by atoms with Crippen molar-refractivity contribution < 1.29 is 5.11 Å². The Morgan fingerprint density at radius 1 is 1.29 bits per heavy atom. The van der Waals surface area contributed by atoms with Crippen LogP contribution >= 0.6 is 11.6 Å². The first kappa shape index (κ1) is 12.6. The monoisotopic (exact) mass is 251 g/mol. The second-order valence-corrected chi connectivity index (χ2v) is 5.26. The Morgan fingerprint density at radius 3 is 2.47 bits per heavy atom. The summed E-state index contributed by atoms with van der Waals surface area (Å²) >= 11 is 5.86. The fraction of sp³-hybridized carbons (Fsp3) is 0.429. The standard InChI is InChI=1S/C14H18ClNO/c1-14(17,11-3-5-13(15)6-4-11)12-7-9-16(2)10-8-12/h3-7,17H,8-10H2,1-2H3/t14-/m0/s1. The van der Waals surface area contributed by atoms with Crippen LogP contribution in [0.1, 0.15) is 18.9 Å². The third-order valence-electron chi connectivity index (χ3n) is 3.44. The maximum atomic E-state index is 10.7. The van der Waals surface area contributed by atoms with Gasteiger partial charge in [-0.15, -0.1) is 0 Å². The van der Waals surface area contributed by atoms with Crippen LogP contribution in [0.5, 0.6) is 0 Å². The van der Waals surface area contributed by atoms with Crippen molar-refractivity contribution in [3.8, 4) is 0 Å². The number of halogens is 1. The van der Waals surface area contributed by atoms with Crippen molar-refractivity contribution in [1.29, 1.82) is 0 Å². The van der Waals surface area contributed by atoms with Gasteiger partial charge < -0.3 is 10.0 Å². The highest BCUT2D eigenvalue weighted by Crippen LogP contribution is 2.33. The van der Waals surface area contributed by atoms with E-state index in [9.17, 15) is 5.11 Å². The predicted molar refractivity (Wildman–Crippen MR) is 71.2 cm³/mol. The van der Waals surface area contributed by atoms with Gasteiger partial charge in [0.05, 0.1) is 0 Å². The van der Waals surface area contributed by atoms with E-state index in [-0.39, 0.29) is 0 Å². The normalized spacial score (nSPS) is 20.8. The highest BCUT2D eigenvalue weighted by atomic mass is 35.5. The van der Waals surface area contributed by atoms with Gasteiger partial charge in [0.1, 0.15) is 5.60 Å². The lowest BCUT2D eigenvalue weighted by Crippen LogP contribution is -2.32. The first-order chi connectivity index (χ1) is 8.00. The van der Waals surface area contributed by atoms with E-state index in [4.69, 9.17) is 11.6 Å². The van der Waals surface area contributed by atoms with E-state index in [2.05, 4.69) is 18.0 Å². The summed E-state index contributed by atoms with van der Waals surface area (Å²) in [6.45, 7) is 3.75. The Labute approximate surface area is 108 Å². The summed E-state index contributed by atoms with van der Waals surface area (Å²) in [7, 11) is 2.09. The van der Waals surface area contributed by atoms with Crippen LogP contribution in [-0.2, 0) is 5.60 Å². The maximum absolute atomic E-state index is 10.7. The molecule has 0 bridgehead atoms. The molecule has 1 aliphatic rings. The predicted octanol–water partition coefficient (Wildman–Crippen LogP) is 2.81. The van der Waals surface area contributed by atoms with E-state index in [1.54, 1.807) is 0 Å². The molecule has 92 valence electrons. The average molecular weight is 252 g/mol. The summed E-state index contributed by atoms with van der Waals surface area (Å²) in [6.07, 6.45) is 3.03. The molecule has 3 heteroatoms. The average Bonchev–Trinajstić information content (AvgIpc) is 2.30. The molecule has 0 aliphatic carbocycles. The SMILES string of the molecule is CN1CC=C([C@@](C)(O)c2ccc(Cl)cc2)CC1. The van der Waals surface area contributed by atoms with Gasteiger partial charge in [0.2, 0.25) is 0 Å². The van der Waals surface area contributed by atoms with E-state index in [1.165, 1.54) is 0 Å². The van der Waals surface area contributed by atoms with Crippen molar-refractivity contribution in [2.45, 2.75) is 18.9 Å². The van der Waals surface area contributed by atoms with Crippen LogP contribution in [-0.4, -0.2) is 30.1 Å². The Balaban J connectivity index is 2.26. The summed E-state index contributed by atoms with van der Waals surface area (Å²) in [6, 6.07) is 7.42. The van der Waals surface area contributed by atoms with Crippen molar-refractivity contribution in [2.75, 3.05) is 20.1 Å². The quantitative estimate of drug-likeness (QED) is 0.817. The van der Waals surface area contributed by atoms with E-state index in [0.29, 0.717) is 5.02 Å². The third-order valence-corrected chi connectivity index (χ3v) is 3.70.